The molecule has 4 aromatic rings. The first kappa shape index (κ1) is 22.0. The van der Waals surface area contributed by atoms with Crippen LogP contribution in [0.1, 0.15) is 0 Å². The number of benzene rings is 3. The Hall–Kier alpha value is -2.21. The average Bonchev–Trinajstić information content (AvgIpc) is 3.33. The fraction of sp³-hybridized carbons (Fsp3) is 0.160. The first-order chi connectivity index (χ1) is 14.9. The maximum Gasteiger partial charge on any atom is 0.261 e. The van der Waals surface area contributed by atoms with Gasteiger partial charge >= 0.3 is 0 Å². The SMILES string of the molecule is [I-].c1ccc([P+](c2ccccc2)(c2ccccc2)c2ncoc2N2CCOCC2)cc1. The van der Waals surface area contributed by atoms with E-state index in [4.69, 9.17) is 14.1 Å². The summed E-state index contributed by atoms with van der Waals surface area (Å²) in [6.45, 7) is 3.02. The molecule has 1 fully saturated rings. The highest BCUT2D eigenvalue weighted by Crippen LogP contribution is 2.55. The van der Waals surface area contributed by atoms with Crippen molar-refractivity contribution in [1.29, 1.82) is 0 Å². The molecule has 5 rings (SSSR count). The third kappa shape index (κ3) is 4.02. The van der Waals surface area contributed by atoms with Gasteiger partial charge in [0.1, 0.15) is 15.9 Å². The lowest BCUT2D eigenvalue weighted by Crippen LogP contribution is -3.00. The van der Waals surface area contributed by atoms with Crippen molar-refractivity contribution in [2.75, 3.05) is 31.2 Å². The second-order valence-corrected chi connectivity index (χ2v) is 10.6. The normalized spacial score (nSPS) is 14.1. The zero-order valence-electron chi connectivity index (χ0n) is 17.1. The van der Waals surface area contributed by atoms with Gasteiger partial charge < -0.3 is 38.0 Å². The molecule has 0 atom stereocenters. The number of rotatable bonds is 5. The highest BCUT2D eigenvalue weighted by molar-refractivity contribution is 8.01. The summed E-state index contributed by atoms with van der Waals surface area (Å²) in [6.07, 6.45) is 1.60. The van der Waals surface area contributed by atoms with Gasteiger partial charge in [-0.15, -0.1) is 0 Å². The van der Waals surface area contributed by atoms with Gasteiger partial charge in [0.2, 0.25) is 0 Å². The third-order valence-electron chi connectivity index (χ3n) is 5.58. The van der Waals surface area contributed by atoms with Gasteiger partial charge in [0, 0.05) is 13.1 Å². The standard InChI is InChI=1S/C25H24N2O2P.HI/c1-4-10-21(11-5-1)30(22-12-6-2-7-13-22,23-14-8-3-9-15-23)24-25(29-20-26-24)27-16-18-28-19-17-27;/h1-15,20H,16-19H2;1H/q+1;/p-1. The van der Waals surface area contributed by atoms with Crippen LogP contribution in [0.2, 0.25) is 0 Å². The third-order valence-corrected chi connectivity index (χ3v) is 9.74. The van der Waals surface area contributed by atoms with Gasteiger partial charge in [0.15, 0.2) is 13.7 Å². The molecule has 0 radical (unpaired) electrons. The Morgan fingerprint density at radius 2 is 1.13 bits per heavy atom. The zero-order valence-corrected chi connectivity index (χ0v) is 20.2. The average molecular weight is 542 g/mol. The van der Waals surface area contributed by atoms with E-state index < -0.39 is 7.26 Å². The summed E-state index contributed by atoms with van der Waals surface area (Å²) >= 11 is 0. The molecule has 0 bridgehead atoms. The van der Waals surface area contributed by atoms with Crippen LogP contribution < -0.4 is 50.2 Å². The number of nitrogens with zero attached hydrogens (tertiary/aromatic N) is 2. The molecule has 0 aliphatic carbocycles. The molecule has 3 aromatic carbocycles. The van der Waals surface area contributed by atoms with Gasteiger partial charge in [-0.3, -0.25) is 0 Å². The molecule has 1 aromatic heterocycles. The molecule has 1 saturated heterocycles. The molecule has 4 nitrogen and oxygen atoms in total. The summed E-state index contributed by atoms with van der Waals surface area (Å²) in [4.78, 5) is 7.17. The largest absolute Gasteiger partial charge is 1.00 e. The van der Waals surface area contributed by atoms with Crippen LogP contribution in [0.4, 0.5) is 5.88 Å². The van der Waals surface area contributed by atoms with E-state index in [1.807, 2.05) is 0 Å². The Bertz CT molecular complexity index is 988. The van der Waals surface area contributed by atoms with Crippen LogP contribution in [-0.2, 0) is 4.74 Å². The van der Waals surface area contributed by atoms with Gasteiger partial charge in [0.05, 0.1) is 13.2 Å². The van der Waals surface area contributed by atoms with Gasteiger partial charge in [0.25, 0.3) is 11.3 Å². The van der Waals surface area contributed by atoms with E-state index in [0.29, 0.717) is 13.2 Å². The van der Waals surface area contributed by atoms with Crippen LogP contribution in [0.25, 0.3) is 0 Å². The molecule has 2 heterocycles. The monoisotopic (exact) mass is 542 g/mol. The van der Waals surface area contributed by atoms with E-state index in [2.05, 4.69) is 95.9 Å². The second kappa shape index (κ2) is 9.94. The van der Waals surface area contributed by atoms with Crippen LogP contribution in [-0.4, -0.2) is 31.3 Å². The summed E-state index contributed by atoms with van der Waals surface area (Å²) in [5, 5.41) is 3.81. The number of aromatic nitrogens is 1. The van der Waals surface area contributed by atoms with E-state index in [1.165, 1.54) is 15.9 Å². The predicted molar refractivity (Wildman–Crippen MR) is 124 cm³/mol. The molecule has 0 amide bonds. The van der Waals surface area contributed by atoms with Crippen LogP contribution >= 0.6 is 7.26 Å². The number of hydrogen-bond acceptors (Lipinski definition) is 4. The summed E-state index contributed by atoms with van der Waals surface area (Å²) < 4.78 is 11.6. The highest BCUT2D eigenvalue weighted by atomic mass is 127. The lowest BCUT2D eigenvalue weighted by molar-refractivity contribution is -0.00000697. The number of hydrogen-bond donors (Lipinski definition) is 0. The van der Waals surface area contributed by atoms with E-state index >= 15 is 0 Å². The van der Waals surface area contributed by atoms with Crippen LogP contribution in [0, 0.1) is 0 Å². The van der Waals surface area contributed by atoms with Crippen molar-refractivity contribution < 1.29 is 33.1 Å². The van der Waals surface area contributed by atoms with Gasteiger partial charge in [-0.25, -0.2) is 0 Å². The molecular weight excluding hydrogens is 518 g/mol. The number of anilines is 1. The van der Waals surface area contributed by atoms with E-state index in [1.54, 1.807) is 6.39 Å². The minimum Gasteiger partial charge on any atom is -1.00 e. The lowest BCUT2D eigenvalue weighted by Gasteiger charge is -2.30. The molecule has 31 heavy (non-hydrogen) atoms. The van der Waals surface area contributed by atoms with E-state index in [-0.39, 0.29) is 24.0 Å². The highest BCUT2D eigenvalue weighted by Gasteiger charge is 2.53. The quantitative estimate of drug-likeness (QED) is 0.266. The summed E-state index contributed by atoms with van der Waals surface area (Å²) in [6, 6.07) is 32.3. The summed E-state index contributed by atoms with van der Waals surface area (Å²) in [5.41, 5.74) is 1.02. The van der Waals surface area contributed by atoms with Crippen molar-refractivity contribution in [3.8, 4) is 0 Å². The number of morpholine rings is 1. The number of halogens is 1. The van der Waals surface area contributed by atoms with Crippen molar-refractivity contribution in [2.45, 2.75) is 0 Å². The molecule has 6 heteroatoms. The maximum absolute atomic E-state index is 6.06. The van der Waals surface area contributed by atoms with Gasteiger partial charge in [-0.1, -0.05) is 54.6 Å². The Morgan fingerprint density at radius 1 is 0.677 bits per heavy atom. The van der Waals surface area contributed by atoms with Crippen molar-refractivity contribution >= 4 is 34.5 Å². The van der Waals surface area contributed by atoms with Crippen molar-refractivity contribution in [3.05, 3.63) is 97.4 Å². The Labute approximate surface area is 200 Å². The van der Waals surface area contributed by atoms with Gasteiger partial charge in [-0.05, 0) is 36.4 Å². The van der Waals surface area contributed by atoms with E-state index in [0.717, 1.165) is 24.4 Å². The lowest BCUT2D eigenvalue weighted by atomic mass is 10.4. The molecule has 0 N–H and O–H groups in total. The molecule has 0 unspecified atom stereocenters. The topological polar surface area (TPSA) is 38.5 Å². The Morgan fingerprint density at radius 3 is 1.58 bits per heavy atom. The van der Waals surface area contributed by atoms with Crippen LogP contribution in [0.3, 0.4) is 0 Å². The summed E-state index contributed by atoms with van der Waals surface area (Å²) in [7, 11) is -2.25. The number of oxazole rings is 1. The first-order valence-corrected chi connectivity index (χ1v) is 12.0. The Balaban J connectivity index is 0.00000231. The fourth-order valence-electron chi connectivity index (χ4n) is 4.22. The molecular formula is C25H24IN2O2P. The minimum absolute atomic E-state index is 0. The maximum atomic E-state index is 6.06. The van der Waals surface area contributed by atoms with Crippen molar-refractivity contribution in [3.63, 3.8) is 0 Å². The minimum atomic E-state index is -2.25. The number of ether oxygens (including phenoxy) is 1. The molecule has 0 spiro atoms. The van der Waals surface area contributed by atoms with Crippen molar-refractivity contribution in [2.24, 2.45) is 0 Å². The fourth-order valence-corrected chi connectivity index (χ4v) is 8.40. The van der Waals surface area contributed by atoms with E-state index in [9.17, 15) is 0 Å². The second-order valence-electron chi connectivity index (χ2n) is 7.26. The zero-order chi connectivity index (χ0) is 20.2. The molecule has 158 valence electrons. The van der Waals surface area contributed by atoms with Crippen LogP contribution in [0.5, 0.6) is 0 Å². The smallest absolute Gasteiger partial charge is 0.261 e. The Kier molecular flexibility index (Phi) is 7.06. The van der Waals surface area contributed by atoms with Crippen LogP contribution in [0.15, 0.2) is 102 Å². The first-order valence-electron chi connectivity index (χ1n) is 10.2. The molecule has 1 aliphatic rings. The molecule has 1 aliphatic heterocycles. The van der Waals surface area contributed by atoms with Gasteiger partial charge in [-0.2, -0.15) is 4.98 Å². The van der Waals surface area contributed by atoms with Crippen molar-refractivity contribution in [1.82, 2.24) is 4.98 Å². The predicted octanol–water partition coefficient (Wildman–Crippen LogP) is 0.135. The summed E-state index contributed by atoms with van der Waals surface area (Å²) in [5.74, 6) is 0.864. The molecule has 0 saturated carbocycles.